The van der Waals surface area contributed by atoms with Crippen LogP contribution in [-0.2, 0) is 4.74 Å². The Balaban J connectivity index is 2.15. The molecule has 0 fully saturated rings. The minimum absolute atomic E-state index is 0.229. The van der Waals surface area contributed by atoms with Gasteiger partial charge < -0.3 is 10.1 Å². The van der Waals surface area contributed by atoms with Gasteiger partial charge in [-0.05, 0) is 38.5 Å². The van der Waals surface area contributed by atoms with E-state index >= 15 is 0 Å². The lowest BCUT2D eigenvalue weighted by molar-refractivity contribution is 0.0342. The topological polar surface area (TPSA) is 51.5 Å². The quantitative estimate of drug-likeness (QED) is 0.877. The Bertz CT molecular complexity index is 518. The molecule has 1 N–H and O–H groups in total. The summed E-state index contributed by atoms with van der Waals surface area (Å²) in [6.07, 6.45) is 1.91. The molecule has 5 nitrogen and oxygen atoms in total. The van der Waals surface area contributed by atoms with Gasteiger partial charge in [0, 0.05) is 19.9 Å². The van der Waals surface area contributed by atoms with Crippen molar-refractivity contribution in [1.82, 2.24) is 14.6 Å². The van der Waals surface area contributed by atoms with E-state index in [0.717, 1.165) is 5.65 Å². The molecule has 0 saturated heterocycles. The SMILES string of the molecule is COC(C)(C)CNc1nc2cc(C)ccn2n1. The fourth-order valence-electron chi connectivity index (χ4n) is 1.42. The van der Waals surface area contributed by atoms with E-state index in [1.165, 1.54) is 5.56 Å². The van der Waals surface area contributed by atoms with E-state index in [4.69, 9.17) is 4.74 Å². The first kappa shape index (κ1) is 11.9. The minimum atomic E-state index is -0.229. The Morgan fingerprint density at radius 1 is 1.47 bits per heavy atom. The molecule has 0 aliphatic rings. The molecule has 0 atom stereocenters. The van der Waals surface area contributed by atoms with Crippen LogP contribution < -0.4 is 5.32 Å². The Labute approximate surface area is 101 Å². The molecule has 0 saturated carbocycles. The lowest BCUT2D eigenvalue weighted by Crippen LogP contribution is -2.32. The number of anilines is 1. The summed E-state index contributed by atoms with van der Waals surface area (Å²) in [6.45, 7) is 6.73. The fraction of sp³-hybridized carbons (Fsp3) is 0.500. The minimum Gasteiger partial charge on any atom is -0.377 e. The molecular formula is C12H18N4O. The number of fused-ring (bicyclic) bond motifs is 1. The third-order valence-electron chi connectivity index (χ3n) is 2.72. The zero-order valence-corrected chi connectivity index (χ0v) is 10.7. The van der Waals surface area contributed by atoms with Gasteiger partial charge in [0.2, 0.25) is 5.95 Å². The van der Waals surface area contributed by atoms with Crippen molar-refractivity contribution in [2.24, 2.45) is 0 Å². The van der Waals surface area contributed by atoms with Crippen LogP contribution in [0.2, 0.25) is 0 Å². The molecule has 0 aliphatic carbocycles. The summed E-state index contributed by atoms with van der Waals surface area (Å²) in [7, 11) is 1.70. The second-order valence-electron chi connectivity index (χ2n) is 4.76. The molecule has 0 spiro atoms. The van der Waals surface area contributed by atoms with Crippen LogP contribution in [0, 0.1) is 6.92 Å². The van der Waals surface area contributed by atoms with Crippen molar-refractivity contribution >= 4 is 11.6 Å². The predicted molar refractivity (Wildman–Crippen MR) is 67.3 cm³/mol. The molecule has 0 amide bonds. The van der Waals surface area contributed by atoms with E-state index in [1.807, 2.05) is 39.1 Å². The maximum atomic E-state index is 5.33. The lowest BCUT2D eigenvalue weighted by atomic mass is 10.1. The Kier molecular flexibility index (Phi) is 3.02. The van der Waals surface area contributed by atoms with Crippen LogP contribution in [0.25, 0.3) is 5.65 Å². The Morgan fingerprint density at radius 2 is 2.24 bits per heavy atom. The predicted octanol–water partition coefficient (Wildman–Crippen LogP) is 1.87. The molecule has 0 unspecified atom stereocenters. The van der Waals surface area contributed by atoms with E-state index in [1.54, 1.807) is 11.6 Å². The molecule has 5 heteroatoms. The zero-order valence-electron chi connectivity index (χ0n) is 10.7. The molecule has 17 heavy (non-hydrogen) atoms. The van der Waals surface area contributed by atoms with Gasteiger partial charge >= 0.3 is 0 Å². The lowest BCUT2D eigenvalue weighted by Gasteiger charge is -2.22. The molecular weight excluding hydrogens is 216 g/mol. The Hall–Kier alpha value is -1.62. The van der Waals surface area contributed by atoms with Crippen LogP contribution >= 0.6 is 0 Å². The number of ether oxygens (including phenoxy) is 1. The summed E-state index contributed by atoms with van der Waals surface area (Å²) in [6, 6.07) is 4.00. The highest BCUT2D eigenvalue weighted by Crippen LogP contribution is 2.11. The van der Waals surface area contributed by atoms with Gasteiger partial charge in [-0.1, -0.05) is 0 Å². The fourth-order valence-corrected chi connectivity index (χ4v) is 1.42. The van der Waals surface area contributed by atoms with Crippen molar-refractivity contribution in [3.63, 3.8) is 0 Å². The van der Waals surface area contributed by atoms with Crippen molar-refractivity contribution in [2.75, 3.05) is 19.0 Å². The average molecular weight is 234 g/mol. The van der Waals surface area contributed by atoms with Gasteiger partial charge in [-0.3, -0.25) is 0 Å². The van der Waals surface area contributed by atoms with Crippen molar-refractivity contribution in [3.8, 4) is 0 Å². The van der Waals surface area contributed by atoms with Crippen LogP contribution in [0.5, 0.6) is 0 Å². The molecule has 2 rings (SSSR count). The number of methoxy groups -OCH3 is 1. The average Bonchev–Trinajstić information content (AvgIpc) is 2.68. The first-order chi connectivity index (χ1) is 8.00. The molecule has 2 aromatic heterocycles. The van der Waals surface area contributed by atoms with Gasteiger partial charge in [-0.2, -0.15) is 4.98 Å². The highest BCUT2D eigenvalue weighted by atomic mass is 16.5. The number of pyridine rings is 1. The van der Waals surface area contributed by atoms with Crippen LogP contribution in [0.3, 0.4) is 0 Å². The van der Waals surface area contributed by atoms with E-state index in [9.17, 15) is 0 Å². The van der Waals surface area contributed by atoms with Gasteiger partial charge in [-0.15, -0.1) is 5.10 Å². The van der Waals surface area contributed by atoms with E-state index < -0.39 is 0 Å². The van der Waals surface area contributed by atoms with Crippen LogP contribution in [0.4, 0.5) is 5.95 Å². The standard InChI is InChI=1S/C12H18N4O/c1-9-5-6-16-10(7-9)14-11(15-16)13-8-12(2,3)17-4/h5-7H,8H2,1-4H3,(H,13,15). The number of rotatable bonds is 4. The number of aromatic nitrogens is 3. The third kappa shape index (κ3) is 2.74. The van der Waals surface area contributed by atoms with E-state index in [2.05, 4.69) is 15.4 Å². The second-order valence-corrected chi connectivity index (χ2v) is 4.76. The van der Waals surface area contributed by atoms with Crippen LogP contribution in [-0.4, -0.2) is 33.9 Å². The van der Waals surface area contributed by atoms with Crippen molar-refractivity contribution < 1.29 is 4.74 Å². The molecule has 2 aromatic rings. The van der Waals surface area contributed by atoms with Crippen molar-refractivity contribution in [1.29, 1.82) is 0 Å². The van der Waals surface area contributed by atoms with Crippen molar-refractivity contribution in [3.05, 3.63) is 23.9 Å². The van der Waals surface area contributed by atoms with Gasteiger partial charge in [-0.25, -0.2) is 4.52 Å². The maximum Gasteiger partial charge on any atom is 0.243 e. The van der Waals surface area contributed by atoms with Crippen molar-refractivity contribution in [2.45, 2.75) is 26.4 Å². The zero-order chi connectivity index (χ0) is 12.5. The first-order valence-corrected chi connectivity index (χ1v) is 5.62. The summed E-state index contributed by atoms with van der Waals surface area (Å²) in [4.78, 5) is 4.40. The third-order valence-corrected chi connectivity index (χ3v) is 2.72. The van der Waals surface area contributed by atoms with Crippen LogP contribution in [0.15, 0.2) is 18.3 Å². The van der Waals surface area contributed by atoms with E-state index in [0.29, 0.717) is 12.5 Å². The normalized spacial score (nSPS) is 12.0. The van der Waals surface area contributed by atoms with Gasteiger partial charge in [0.25, 0.3) is 0 Å². The first-order valence-electron chi connectivity index (χ1n) is 5.62. The molecule has 0 radical (unpaired) electrons. The largest absolute Gasteiger partial charge is 0.377 e. The Morgan fingerprint density at radius 3 is 2.94 bits per heavy atom. The number of hydrogen-bond acceptors (Lipinski definition) is 4. The molecule has 2 heterocycles. The summed E-state index contributed by atoms with van der Waals surface area (Å²) in [5.74, 6) is 0.626. The maximum absolute atomic E-state index is 5.33. The number of hydrogen-bond donors (Lipinski definition) is 1. The van der Waals surface area contributed by atoms with E-state index in [-0.39, 0.29) is 5.60 Å². The highest BCUT2D eigenvalue weighted by Gasteiger charge is 2.16. The highest BCUT2D eigenvalue weighted by molar-refractivity contribution is 5.45. The second kappa shape index (κ2) is 4.33. The van der Waals surface area contributed by atoms with Gasteiger partial charge in [0.05, 0.1) is 5.60 Å². The summed E-state index contributed by atoms with van der Waals surface area (Å²) in [5, 5.41) is 7.51. The number of nitrogens with zero attached hydrogens (tertiary/aromatic N) is 3. The molecule has 92 valence electrons. The smallest absolute Gasteiger partial charge is 0.243 e. The monoisotopic (exact) mass is 234 g/mol. The molecule has 0 aliphatic heterocycles. The van der Waals surface area contributed by atoms with Crippen LogP contribution in [0.1, 0.15) is 19.4 Å². The molecule has 0 aromatic carbocycles. The summed E-state index contributed by atoms with van der Waals surface area (Å²) in [5.41, 5.74) is 1.80. The summed E-state index contributed by atoms with van der Waals surface area (Å²) >= 11 is 0. The summed E-state index contributed by atoms with van der Waals surface area (Å²) < 4.78 is 7.09. The number of aryl methyl sites for hydroxylation is 1. The van der Waals surface area contributed by atoms with Gasteiger partial charge in [0.15, 0.2) is 5.65 Å². The van der Waals surface area contributed by atoms with Gasteiger partial charge in [0.1, 0.15) is 0 Å². The molecule has 0 bridgehead atoms. The number of nitrogens with one attached hydrogen (secondary N) is 1.